The van der Waals surface area contributed by atoms with Crippen LogP contribution in [-0.4, -0.2) is 10.6 Å². The van der Waals surface area contributed by atoms with E-state index in [9.17, 15) is 0 Å². The van der Waals surface area contributed by atoms with Gasteiger partial charge < -0.3 is 4.74 Å². The summed E-state index contributed by atoms with van der Waals surface area (Å²) in [5.74, 6) is 0. The average molecular weight is 200 g/mol. The van der Waals surface area contributed by atoms with Gasteiger partial charge in [0.1, 0.15) is 5.15 Å². The molecule has 1 rings (SSSR count). The number of nitrogens with zero attached hydrogens (tertiary/aromatic N) is 1. The Morgan fingerprint density at radius 2 is 2.15 bits per heavy atom. The maximum atomic E-state index is 5.86. The molecule has 2 nitrogen and oxygen atoms in total. The molecule has 0 N–H and O–H groups in total. The first-order chi connectivity index (χ1) is 5.99. The minimum absolute atomic E-state index is 0.140. The van der Waals surface area contributed by atoms with Crippen LogP contribution in [0.4, 0.5) is 0 Å². The summed E-state index contributed by atoms with van der Waals surface area (Å²) in [5, 5.41) is 0.520. The zero-order valence-corrected chi connectivity index (χ0v) is 8.93. The predicted octanol–water partition coefficient (Wildman–Crippen LogP) is 3.05. The van der Waals surface area contributed by atoms with Gasteiger partial charge in [-0.15, -0.1) is 0 Å². The molecule has 0 unspecified atom stereocenters. The van der Waals surface area contributed by atoms with Crippen LogP contribution in [0.3, 0.4) is 0 Å². The molecular formula is C10H14ClNO. The van der Waals surface area contributed by atoms with Gasteiger partial charge in [0.25, 0.3) is 0 Å². The smallest absolute Gasteiger partial charge is 0.134 e. The van der Waals surface area contributed by atoms with Crippen LogP contribution in [0.1, 0.15) is 26.3 Å². The lowest BCUT2D eigenvalue weighted by atomic mass is 10.2. The summed E-state index contributed by atoms with van der Waals surface area (Å²) >= 11 is 5.86. The molecule has 13 heavy (non-hydrogen) atoms. The average Bonchev–Trinajstić information content (AvgIpc) is 2.01. The van der Waals surface area contributed by atoms with Crippen LogP contribution >= 0.6 is 11.6 Å². The van der Waals surface area contributed by atoms with Gasteiger partial charge in [0, 0.05) is 11.8 Å². The molecule has 0 radical (unpaired) electrons. The first-order valence-corrected chi connectivity index (χ1v) is 4.60. The molecule has 0 atom stereocenters. The Hall–Kier alpha value is -0.600. The van der Waals surface area contributed by atoms with Crippen molar-refractivity contribution in [1.82, 2.24) is 4.98 Å². The van der Waals surface area contributed by atoms with E-state index in [1.165, 1.54) is 0 Å². The van der Waals surface area contributed by atoms with Crippen LogP contribution in [0.2, 0.25) is 5.15 Å². The molecule has 0 saturated heterocycles. The monoisotopic (exact) mass is 199 g/mol. The van der Waals surface area contributed by atoms with E-state index in [1.54, 1.807) is 6.20 Å². The van der Waals surface area contributed by atoms with E-state index < -0.39 is 0 Å². The molecular weight excluding hydrogens is 186 g/mol. The zero-order valence-electron chi connectivity index (χ0n) is 8.17. The molecule has 0 amide bonds. The first-order valence-electron chi connectivity index (χ1n) is 4.22. The predicted molar refractivity (Wildman–Crippen MR) is 53.8 cm³/mol. The van der Waals surface area contributed by atoms with Gasteiger partial charge in [-0.2, -0.15) is 0 Å². The Kier molecular flexibility index (Phi) is 3.28. The Morgan fingerprint density at radius 1 is 1.46 bits per heavy atom. The van der Waals surface area contributed by atoms with Crippen molar-refractivity contribution in [3.8, 4) is 0 Å². The number of ether oxygens (including phenoxy) is 1. The molecule has 0 spiro atoms. The van der Waals surface area contributed by atoms with Crippen LogP contribution in [0, 0.1) is 0 Å². The lowest BCUT2D eigenvalue weighted by Gasteiger charge is -2.19. The zero-order chi connectivity index (χ0) is 9.90. The topological polar surface area (TPSA) is 22.1 Å². The van der Waals surface area contributed by atoms with Crippen molar-refractivity contribution in [3.05, 3.63) is 29.0 Å². The van der Waals surface area contributed by atoms with Gasteiger partial charge in [-0.1, -0.05) is 17.7 Å². The molecule has 0 saturated carbocycles. The van der Waals surface area contributed by atoms with Crippen molar-refractivity contribution in [1.29, 1.82) is 0 Å². The third kappa shape index (κ3) is 3.75. The van der Waals surface area contributed by atoms with E-state index >= 15 is 0 Å². The van der Waals surface area contributed by atoms with Gasteiger partial charge in [-0.25, -0.2) is 4.98 Å². The minimum atomic E-state index is -0.140. The van der Waals surface area contributed by atoms with Crippen molar-refractivity contribution >= 4 is 11.6 Å². The summed E-state index contributed by atoms with van der Waals surface area (Å²) in [6.07, 6.45) is 1.67. The summed E-state index contributed by atoms with van der Waals surface area (Å²) < 4.78 is 5.57. The summed E-state index contributed by atoms with van der Waals surface area (Å²) in [6, 6.07) is 3.77. The first kappa shape index (κ1) is 10.5. The highest BCUT2D eigenvalue weighted by molar-refractivity contribution is 6.30. The highest BCUT2D eigenvalue weighted by Crippen LogP contribution is 2.16. The standard InChI is InChI=1S/C10H14ClNO/c1-10(2,3)13-7-8-5-4-6-12-9(8)11/h4-6H,7H2,1-3H3. The highest BCUT2D eigenvalue weighted by Gasteiger charge is 2.11. The van der Waals surface area contributed by atoms with E-state index in [2.05, 4.69) is 4.98 Å². The number of rotatable bonds is 2. The molecule has 3 heteroatoms. The molecule has 0 aliphatic carbocycles. The number of halogens is 1. The fourth-order valence-electron chi connectivity index (χ4n) is 0.821. The Balaban J connectivity index is 2.60. The summed E-state index contributed by atoms with van der Waals surface area (Å²) in [5.41, 5.74) is 0.790. The van der Waals surface area contributed by atoms with Crippen molar-refractivity contribution in [3.63, 3.8) is 0 Å². The summed E-state index contributed by atoms with van der Waals surface area (Å²) in [4.78, 5) is 3.97. The molecule has 0 aliphatic rings. The van der Waals surface area contributed by atoms with Gasteiger partial charge in [0.15, 0.2) is 0 Å². The minimum Gasteiger partial charge on any atom is -0.371 e. The van der Waals surface area contributed by atoms with Gasteiger partial charge >= 0.3 is 0 Å². The van der Waals surface area contributed by atoms with Crippen molar-refractivity contribution in [2.45, 2.75) is 33.0 Å². The lowest BCUT2D eigenvalue weighted by molar-refractivity contribution is -0.0150. The van der Waals surface area contributed by atoms with Crippen LogP contribution in [0.5, 0.6) is 0 Å². The summed E-state index contributed by atoms with van der Waals surface area (Å²) in [7, 11) is 0. The molecule has 0 aliphatic heterocycles. The van der Waals surface area contributed by atoms with Crippen molar-refractivity contribution in [2.24, 2.45) is 0 Å². The molecule has 0 fully saturated rings. The van der Waals surface area contributed by atoms with E-state index in [-0.39, 0.29) is 5.60 Å². The van der Waals surface area contributed by atoms with Crippen LogP contribution < -0.4 is 0 Å². The molecule has 72 valence electrons. The Bertz CT molecular complexity index is 280. The fraction of sp³-hybridized carbons (Fsp3) is 0.500. The molecule has 1 heterocycles. The number of aromatic nitrogens is 1. The number of hydrogen-bond donors (Lipinski definition) is 0. The van der Waals surface area contributed by atoms with Crippen LogP contribution in [0.15, 0.2) is 18.3 Å². The number of hydrogen-bond acceptors (Lipinski definition) is 2. The van der Waals surface area contributed by atoms with E-state index in [0.717, 1.165) is 5.56 Å². The maximum absolute atomic E-state index is 5.86. The molecule has 1 aromatic rings. The summed E-state index contributed by atoms with van der Waals surface area (Å²) in [6.45, 7) is 6.54. The SMILES string of the molecule is CC(C)(C)OCc1cccnc1Cl. The normalized spacial score (nSPS) is 11.7. The van der Waals surface area contributed by atoms with E-state index in [4.69, 9.17) is 16.3 Å². The van der Waals surface area contributed by atoms with E-state index in [0.29, 0.717) is 11.8 Å². The Labute approximate surface area is 83.9 Å². The quantitative estimate of drug-likeness (QED) is 0.683. The molecule has 0 bridgehead atoms. The van der Waals surface area contributed by atoms with Crippen molar-refractivity contribution in [2.75, 3.05) is 0 Å². The van der Waals surface area contributed by atoms with Gasteiger partial charge in [0.2, 0.25) is 0 Å². The lowest BCUT2D eigenvalue weighted by Crippen LogP contribution is -2.18. The second kappa shape index (κ2) is 4.07. The maximum Gasteiger partial charge on any atom is 0.134 e. The van der Waals surface area contributed by atoms with Crippen molar-refractivity contribution < 1.29 is 4.74 Å². The molecule has 0 aromatic carbocycles. The Morgan fingerprint density at radius 3 is 2.69 bits per heavy atom. The van der Waals surface area contributed by atoms with E-state index in [1.807, 2.05) is 32.9 Å². The second-order valence-electron chi connectivity index (χ2n) is 3.85. The second-order valence-corrected chi connectivity index (χ2v) is 4.21. The third-order valence-electron chi connectivity index (χ3n) is 1.50. The van der Waals surface area contributed by atoms with Gasteiger partial charge in [0.05, 0.1) is 12.2 Å². The number of pyridine rings is 1. The fourth-order valence-corrected chi connectivity index (χ4v) is 0.995. The highest BCUT2D eigenvalue weighted by atomic mass is 35.5. The van der Waals surface area contributed by atoms with Crippen LogP contribution in [-0.2, 0) is 11.3 Å². The third-order valence-corrected chi connectivity index (χ3v) is 1.84. The largest absolute Gasteiger partial charge is 0.371 e. The van der Waals surface area contributed by atoms with Gasteiger partial charge in [-0.05, 0) is 26.8 Å². The molecule has 1 aromatic heterocycles. The van der Waals surface area contributed by atoms with Crippen LogP contribution in [0.25, 0.3) is 0 Å². The van der Waals surface area contributed by atoms with Gasteiger partial charge in [-0.3, -0.25) is 0 Å².